The number of carbonyl (C=O) groups is 2. The summed E-state index contributed by atoms with van der Waals surface area (Å²) < 4.78 is 4.74. The van der Waals surface area contributed by atoms with Crippen molar-refractivity contribution in [2.45, 2.75) is 39.5 Å². The minimum Gasteiger partial charge on any atom is -0.466 e. The Bertz CT molecular complexity index is 204. The van der Waals surface area contributed by atoms with Crippen LogP contribution >= 0.6 is 0 Å². The molecule has 4 heteroatoms. The molecule has 1 amide bonds. The van der Waals surface area contributed by atoms with Crippen molar-refractivity contribution in [2.75, 3.05) is 20.2 Å². The van der Waals surface area contributed by atoms with Gasteiger partial charge in [0, 0.05) is 20.0 Å². The van der Waals surface area contributed by atoms with Gasteiger partial charge in [-0.05, 0) is 13.3 Å². The van der Waals surface area contributed by atoms with Gasteiger partial charge in [-0.25, -0.2) is 0 Å². The number of hydrogen-bond donors (Lipinski definition) is 0. The molecule has 0 heterocycles. The molecule has 0 saturated carbocycles. The highest BCUT2D eigenvalue weighted by Gasteiger charge is 2.10. The van der Waals surface area contributed by atoms with Crippen LogP contribution in [0.5, 0.6) is 0 Å². The fraction of sp³-hybridized carbons (Fsp3) is 0.818. The van der Waals surface area contributed by atoms with Crippen LogP contribution in [0.3, 0.4) is 0 Å². The van der Waals surface area contributed by atoms with E-state index in [1.807, 2.05) is 0 Å². The second-order valence-electron chi connectivity index (χ2n) is 3.47. The van der Waals surface area contributed by atoms with Gasteiger partial charge < -0.3 is 9.64 Å². The van der Waals surface area contributed by atoms with Gasteiger partial charge in [0.05, 0.1) is 13.0 Å². The minimum absolute atomic E-state index is 0.0107. The first-order valence-corrected chi connectivity index (χ1v) is 5.51. The van der Waals surface area contributed by atoms with Crippen molar-refractivity contribution in [3.05, 3.63) is 0 Å². The number of ether oxygens (including phenoxy) is 1. The molecule has 88 valence electrons. The summed E-state index contributed by atoms with van der Waals surface area (Å²) in [7, 11) is 1.77. The van der Waals surface area contributed by atoms with Crippen LogP contribution in [0.15, 0.2) is 0 Å². The highest BCUT2D eigenvalue weighted by molar-refractivity contribution is 5.81. The molecule has 0 rings (SSSR count). The fourth-order valence-electron chi connectivity index (χ4n) is 1.15. The van der Waals surface area contributed by atoms with Gasteiger partial charge in [-0.15, -0.1) is 0 Å². The van der Waals surface area contributed by atoms with Crippen molar-refractivity contribution in [3.8, 4) is 0 Å². The molecule has 0 N–H and O–H groups in total. The van der Waals surface area contributed by atoms with Crippen molar-refractivity contribution >= 4 is 11.9 Å². The zero-order valence-electron chi connectivity index (χ0n) is 9.91. The average molecular weight is 215 g/mol. The van der Waals surface area contributed by atoms with Crippen LogP contribution < -0.4 is 0 Å². The summed E-state index contributed by atoms with van der Waals surface area (Å²) in [5, 5.41) is 0. The van der Waals surface area contributed by atoms with Gasteiger partial charge in [-0.2, -0.15) is 0 Å². The van der Waals surface area contributed by atoms with Gasteiger partial charge in [0.1, 0.15) is 0 Å². The average Bonchev–Trinajstić information content (AvgIpc) is 2.22. The zero-order valence-corrected chi connectivity index (χ0v) is 9.91. The van der Waals surface area contributed by atoms with Gasteiger partial charge in [0.15, 0.2) is 0 Å². The van der Waals surface area contributed by atoms with Crippen LogP contribution in [0.2, 0.25) is 0 Å². The monoisotopic (exact) mass is 215 g/mol. The van der Waals surface area contributed by atoms with Crippen molar-refractivity contribution in [3.63, 3.8) is 0 Å². The van der Waals surface area contributed by atoms with Gasteiger partial charge in [-0.1, -0.05) is 13.3 Å². The molecule has 0 spiro atoms. The number of rotatable bonds is 7. The Hall–Kier alpha value is -1.06. The van der Waals surface area contributed by atoms with Crippen LogP contribution in [0.4, 0.5) is 0 Å². The Morgan fingerprint density at radius 2 is 1.87 bits per heavy atom. The molecule has 0 radical (unpaired) electrons. The van der Waals surface area contributed by atoms with E-state index >= 15 is 0 Å². The van der Waals surface area contributed by atoms with E-state index < -0.39 is 0 Å². The quantitative estimate of drug-likeness (QED) is 0.606. The summed E-state index contributed by atoms with van der Waals surface area (Å²) >= 11 is 0. The summed E-state index contributed by atoms with van der Waals surface area (Å²) in [6.45, 7) is 4.97. The molecule has 15 heavy (non-hydrogen) atoms. The van der Waals surface area contributed by atoms with Crippen molar-refractivity contribution in [1.29, 1.82) is 0 Å². The fourth-order valence-corrected chi connectivity index (χ4v) is 1.15. The molecule has 0 aromatic heterocycles. The molecule has 0 aliphatic rings. The minimum atomic E-state index is -0.297. The van der Waals surface area contributed by atoms with E-state index in [9.17, 15) is 9.59 Å². The Morgan fingerprint density at radius 3 is 2.40 bits per heavy atom. The lowest BCUT2D eigenvalue weighted by Gasteiger charge is -2.16. The van der Waals surface area contributed by atoms with Gasteiger partial charge in [0.2, 0.25) is 5.91 Å². The normalized spacial score (nSPS) is 9.80. The van der Waals surface area contributed by atoms with E-state index in [0.29, 0.717) is 6.61 Å². The molecule has 0 fully saturated rings. The highest BCUT2D eigenvalue weighted by Crippen LogP contribution is 1.99. The maximum absolute atomic E-state index is 11.5. The molecule has 0 aromatic carbocycles. The number of nitrogens with zero attached hydrogens (tertiary/aromatic N) is 1. The highest BCUT2D eigenvalue weighted by atomic mass is 16.5. The topological polar surface area (TPSA) is 46.6 Å². The number of amides is 1. The van der Waals surface area contributed by atoms with Crippen LogP contribution in [-0.4, -0.2) is 37.0 Å². The predicted molar refractivity (Wildman–Crippen MR) is 58.4 cm³/mol. The van der Waals surface area contributed by atoms with Crippen molar-refractivity contribution in [2.24, 2.45) is 0 Å². The molecular formula is C11H21NO3. The molecule has 4 nitrogen and oxygen atoms in total. The number of carbonyl (C=O) groups excluding carboxylic acids is 2. The Kier molecular flexibility index (Phi) is 7.68. The van der Waals surface area contributed by atoms with E-state index in [1.165, 1.54) is 0 Å². The van der Waals surface area contributed by atoms with E-state index in [-0.39, 0.29) is 24.7 Å². The van der Waals surface area contributed by atoms with Gasteiger partial charge in [-0.3, -0.25) is 9.59 Å². The van der Waals surface area contributed by atoms with Crippen LogP contribution in [0.25, 0.3) is 0 Å². The predicted octanol–water partition coefficient (Wildman–Crippen LogP) is 1.59. The SMILES string of the molecule is CCCCN(C)C(=O)CCC(=O)OCC. The van der Waals surface area contributed by atoms with Gasteiger partial charge in [0.25, 0.3) is 0 Å². The maximum atomic E-state index is 11.5. The molecule has 0 aliphatic carbocycles. The Morgan fingerprint density at radius 1 is 1.20 bits per heavy atom. The third-order valence-electron chi connectivity index (χ3n) is 2.12. The Balaban J connectivity index is 3.68. The second kappa shape index (κ2) is 8.26. The second-order valence-corrected chi connectivity index (χ2v) is 3.47. The lowest BCUT2D eigenvalue weighted by molar-refractivity contribution is -0.145. The summed E-state index contributed by atoms with van der Waals surface area (Å²) in [5.74, 6) is -0.286. The van der Waals surface area contributed by atoms with E-state index in [2.05, 4.69) is 6.92 Å². The largest absolute Gasteiger partial charge is 0.466 e. The molecule has 0 atom stereocenters. The van der Waals surface area contributed by atoms with E-state index in [1.54, 1.807) is 18.9 Å². The molecule has 0 aromatic rings. The standard InChI is InChI=1S/C11H21NO3/c1-4-6-9-12(3)10(13)7-8-11(14)15-5-2/h4-9H2,1-3H3. The smallest absolute Gasteiger partial charge is 0.306 e. The third kappa shape index (κ3) is 6.94. The lowest BCUT2D eigenvalue weighted by atomic mass is 10.2. The van der Waals surface area contributed by atoms with E-state index in [4.69, 9.17) is 4.74 Å². The summed E-state index contributed by atoms with van der Waals surface area (Å²) in [4.78, 5) is 24.1. The van der Waals surface area contributed by atoms with Crippen LogP contribution in [-0.2, 0) is 14.3 Å². The first-order chi connectivity index (χ1) is 7.11. The summed E-state index contributed by atoms with van der Waals surface area (Å²) in [5.41, 5.74) is 0. The lowest BCUT2D eigenvalue weighted by Crippen LogP contribution is -2.28. The number of unbranched alkanes of at least 4 members (excludes halogenated alkanes) is 1. The van der Waals surface area contributed by atoms with E-state index in [0.717, 1.165) is 19.4 Å². The van der Waals surface area contributed by atoms with Crippen LogP contribution in [0, 0.1) is 0 Å². The molecule has 0 unspecified atom stereocenters. The number of esters is 1. The van der Waals surface area contributed by atoms with Gasteiger partial charge >= 0.3 is 5.97 Å². The third-order valence-corrected chi connectivity index (χ3v) is 2.12. The Labute approximate surface area is 91.6 Å². The summed E-state index contributed by atoms with van der Waals surface area (Å²) in [6.07, 6.45) is 2.50. The molecule has 0 aliphatic heterocycles. The number of hydrogen-bond acceptors (Lipinski definition) is 3. The summed E-state index contributed by atoms with van der Waals surface area (Å²) in [6, 6.07) is 0. The molecule has 0 bridgehead atoms. The van der Waals surface area contributed by atoms with Crippen LogP contribution in [0.1, 0.15) is 39.5 Å². The molecular weight excluding hydrogens is 194 g/mol. The first kappa shape index (κ1) is 13.9. The maximum Gasteiger partial charge on any atom is 0.306 e. The first-order valence-electron chi connectivity index (χ1n) is 5.51. The van der Waals surface area contributed by atoms with Crippen molar-refractivity contribution in [1.82, 2.24) is 4.90 Å². The van der Waals surface area contributed by atoms with Crippen molar-refractivity contribution < 1.29 is 14.3 Å². The molecule has 0 saturated heterocycles. The zero-order chi connectivity index (χ0) is 11.7.